The van der Waals surface area contributed by atoms with Crippen LogP contribution in [-0.2, 0) is 11.3 Å². The Kier molecular flexibility index (Phi) is 8.74. The zero-order valence-corrected chi connectivity index (χ0v) is 24.8. The smallest absolute Gasteiger partial charge is 0.250 e. The highest BCUT2D eigenvalue weighted by molar-refractivity contribution is 6.09. The Hall–Kier alpha value is -5.14. The lowest BCUT2D eigenvalue weighted by atomic mass is 9.90. The lowest BCUT2D eigenvalue weighted by molar-refractivity contribution is -0.131. The molecule has 0 aliphatic carbocycles. The maximum atomic E-state index is 13.7. The molecule has 0 saturated carbocycles. The van der Waals surface area contributed by atoms with Crippen molar-refractivity contribution in [3.05, 3.63) is 129 Å². The molecule has 1 fully saturated rings. The number of ether oxygens (including phenoxy) is 1. The summed E-state index contributed by atoms with van der Waals surface area (Å²) in [6, 6.07) is 20.3. The van der Waals surface area contributed by atoms with Gasteiger partial charge in [-0.25, -0.2) is 4.98 Å². The molecule has 0 radical (unpaired) electrons. The van der Waals surface area contributed by atoms with Crippen molar-refractivity contribution in [2.24, 2.45) is 11.0 Å². The molecular formula is C34H34N6O3. The second-order valence-electron chi connectivity index (χ2n) is 11.0. The first kappa shape index (κ1) is 29.4. The maximum Gasteiger partial charge on any atom is 0.250 e. The van der Waals surface area contributed by atoms with Gasteiger partial charge < -0.3 is 14.2 Å². The highest BCUT2D eigenvalue weighted by atomic mass is 16.5. The number of hydrogen-bond acceptors (Lipinski definition) is 5. The van der Waals surface area contributed by atoms with Gasteiger partial charge in [0.15, 0.2) is 5.78 Å². The molecule has 9 nitrogen and oxygen atoms in total. The zero-order valence-electron chi connectivity index (χ0n) is 24.8. The minimum absolute atomic E-state index is 0.0138. The minimum atomic E-state index is -0.163. The first-order valence-electron chi connectivity index (χ1n) is 14.2. The molecule has 0 spiro atoms. The summed E-state index contributed by atoms with van der Waals surface area (Å²) in [6.45, 7) is 7.02. The molecule has 1 aliphatic heterocycles. The number of rotatable bonds is 9. The fourth-order valence-corrected chi connectivity index (χ4v) is 5.47. The molecular weight excluding hydrogens is 540 g/mol. The third-order valence-electron chi connectivity index (χ3n) is 7.80. The molecule has 2 atom stereocenters. The van der Waals surface area contributed by atoms with Gasteiger partial charge in [0, 0.05) is 34.4 Å². The number of methoxy groups -OCH3 is 1. The molecule has 4 aromatic rings. The third kappa shape index (κ3) is 6.52. The Bertz CT molecular complexity index is 1720. The van der Waals surface area contributed by atoms with Gasteiger partial charge in [0.05, 0.1) is 37.4 Å². The Balaban J connectivity index is 1.32. The normalized spacial score (nSPS) is 16.6. The molecule has 2 heterocycles. The van der Waals surface area contributed by atoms with Crippen LogP contribution in [0.25, 0.3) is 22.2 Å². The molecule has 218 valence electrons. The number of aryl methyl sites for hydroxylation is 1. The highest BCUT2D eigenvalue weighted by Gasteiger charge is 2.31. The van der Waals surface area contributed by atoms with Crippen LogP contribution in [0.1, 0.15) is 64.6 Å². The summed E-state index contributed by atoms with van der Waals surface area (Å²) in [5.41, 5.74) is 14.9. The number of carbonyl (C=O) groups is 2. The van der Waals surface area contributed by atoms with E-state index in [0.29, 0.717) is 35.8 Å². The second kappa shape index (κ2) is 12.8. The molecule has 0 bridgehead atoms. The van der Waals surface area contributed by atoms with E-state index in [1.807, 2.05) is 78.1 Å². The van der Waals surface area contributed by atoms with Crippen LogP contribution in [0.4, 0.5) is 0 Å². The van der Waals surface area contributed by atoms with Gasteiger partial charge >= 0.3 is 0 Å². The van der Waals surface area contributed by atoms with Gasteiger partial charge in [-0.15, -0.1) is 0 Å². The standard InChI is InChI=1S/C34H34N6O3/c1-22-15-30(16-26-7-14-31(32(17-26)43-4)39-20-23(2)36-21-39)34(42)40(19-22)24(3)27-10-12-29(13-11-27)33(41)28-8-5-25(6-9-28)18-37-38-35/h5-14,16-17,20-22,24H,15,18-19H2,1-4H3/b30-16+/t22-,24-/m0/s1. The van der Waals surface area contributed by atoms with Crippen LogP contribution in [0.15, 0.2) is 89.9 Å². The summed E-state index contributed by atoms with van der Waals surface area (Å²) in [7, 11) is 1.64. The van der Waals surface area contributed by atoms with Gasteiger partial charge in [-0.3, -0.25) is 9.59 Å². The number of hydrogen-bond donors (Lipinski definition) is 0. The summed E-state index contributed by atoms with van der Waals surface area (Å²) in [6.07, 6.45) is 6.35. The number of carbonyl (C=O) groups excluding carboxylic acids is 2. The SMILES string of the molecule is COc1cc(/C=C2\C[C@H](C)CN([C@@H](C)c3ccc(C(=O)c4ccc(CN=[N+]=[N-])cc4)cc3)C2=O)ccc1-n1cnc(C)c1. The van der Waals surface area contributed by atoms with Crippen molar-refractivity contribution >= 4 is 17.8 Å². The molecule has 1 aromatic heterocycles. The summed E-state index contributed by atoms with van der Waals surface area (Å²) in [5, 5.41) is 3.55. The number of likely N-dealkylation sites (tertiary alicyclic amines) is 1. The van der Waals surface area contributed by atoms with E-state index in [1.54, 1.807) is 37.7 Å². The minimum Gasteiger partial charge on any atom is -0.495 e. The first-order valence-corrected chi connectivity index (χ1v) is 14.2. The van der Waals surface area contributed by atoms with Gasteiger partial charge in [-0.05, 0) is 66.6 Å². The number of azide groups is 1. The van der Waals surface area contributed by atoms with Gasteiger partial charge in [-0.2, -0.15) is 0 Å². The molecule has 0 unspecified atom stereocenters. The number of nitrogens with zero attached hydrogens (tertiary/aromatic N) is 6. The van der Waals surface area contributed by atoms with E-state index in [-0.39, 0.29) is 24.3 Å². The molecule has 1 saturated heterocycles. The predicted octanol–water partition coefficient (Wildman–Crippen LogP) is 7.24. The summed E-state index contributed by atoms with van der Waals surface area (Å²) in [5.74, 6) is 0.920. The van der Waals surface area contributed by atoms with E-state index < -0.39 is 0 Å². The average molecular weight is 575 g/mol. The number of imidazole rings is 1. The molecule has 5 rings (SSSR count). The number of ketones is 1. The van der Waals surface area contributed by atoms with Crippen LogP contribution < -0.4 is 4.74 Å². The van der Waals surface area contributed by atoms with Crippen molar-refractivity contribution in [3.8, 4) is 11.4 Å². The molecule has 1 amide bonds. The Morgan fingerprint density at radius 3 is 2.47 bits per heavy atom. The highest BCUT2D eigenvalue weighted by Crippen LogP contribution is 2.33. The third-order valence-corrected chi connectivity index (χ3v) is 7.80. The van der Waals surface area contributed by atoms with E-state index >= 15 is 0 Å². The van der Waals surface area contributed by atoms with E-state index in [0.717, 1.165) is 33.6 Å². The van der Waals surface area contributed by atoms with E-state index in [4.69, 9.17) is 10.3 Å². The Morgan fingerprint density at radius 1 is 1.14 bits per heavy atom. The fourth-order valence-electron chi connectivity index (χ4n) is 5.47. The van der Waals surface area contributed by atoms with Crippen LogP contribution in [0.5, 0.6) is 5.75 Å². The van der Waals surface area contributed by atoms with Gasteiger partial charge in [0.25, 0.3) is 0 Å². The monoisotopic (exact) mass is 574 g/mol. The van der Waals surface area contributed by atoms with Gasteiger partial charge in [0.2, 0.25) is 5.91 Å². The van der Waals surface area contributed by atoms with Crippen molar-refractivity contribution in [1.29, 1.82) is 0 Å². The molecule has 0 N–H and O–H groups in total. The van der Waals surface area contributed by atoms with Crippen molar-refractivity contribution in [2.75, 3.05) is 13.7 Å². The summed E-state index contributed by atoms with van der Waals surface area (Å²) < 4.78 is 7.59. The lowest BCUT2D eigenvalue weighted by Crippen LogP contribution is -2.42. The first-order chi connectivity index (χ1) is 20.8. The molecule has 9 heteroatoms. The van der Waals surface area contributed by atoms with E-state index in [1.165, 1.54) is 0 Å². The number of piperidine rings is 1. The second-order valence-corrected chi connectivity index (χ2v) is 11.0. The van der Waals surface area contributed by atoms with Gasteiger partial charge in [-0.1, -0.05) is 66.6 Å². The van der Waals surface area contributed by atoms with Crippen LogP contribution >= 0.6 is 0 Å². The maximum absolute atomic E-state index is 13.7. The van der Waals surface area contributed by atoms with Crippen molar-refractivity contribution in [1.82, 2.24) is 14.5 Å². The summed E-state index contributed by atoms with van der Waals surface area (Å²) in [4.78, 5) is 35.8. The van der Waals surface area contributed by atoms with Gasteiger partial charge in [0.1, 0.15) is 5.75 Å². The Labute approximate surface area is 251 Å². The number of amides is 1. The molecule has 1 aliphatic rings. The lowest BCUT2D eigenvalue weighted by Gasteiger charge is -2.37. The largest absolute Gasteiger partial charge is 0.495 e. The Morgan fingerprint density at radius 2 is 1.84 bits per heavy atom. The fraction of sp³-hybridized carbons (Fsp3) is 0.265. The van der Waals surface area contributed by atoms with E-state index in [9.17, 15) is 9.59 Å². The molecule has 3 aromatic carbocycles. The quantitative estimate of drug-likeness (QED) is 0.0689. The average Bonchev–Trinajstić information content (AvgIpc) is 3.47. The van der Waals surface area contributed by atoms with Crippen molar-refractivity contribution < 1.29 is 14.3 Å². The van der Waals surface area contributed by atoms with Crippen LogP contribution in [-0.4, -0.2) is 39.8 Å². The molecule has 43 heavy (non-hydrogen) atoms. The van der Waals surface area contributed by atoms with E-state index in [2.05, 4.69) is 21.9 Å². The van der Waals surface area contributed by atoms with Crippen LogP contribution in [0.2, 0.25) is 0 Å². The number of aromatic nitrogens is 2. The topological polar surface area (TPSA) is 113 Å². The van der Waals surface area contributed by atoms with Crippen LogP contribution in [0, 0.1) is 12.8 Å². The van der Waals surface area contributed by atoms with Crippen molar-refractivity contribution in [2.45, 2.75) is 39.8 Å². The predicted molar refractivity (Wildman–Crippen MR) is 166 cm³/mol. The van der Waals surface area contributed by atoms with Crippen LogP contribution in [0.3, 0.4) is 0 Å². The summed E-state index contributed by atoms with van der Waals surface area (Å²) >= 11 is 0. The number of benzene rings is 3. The van der Waals surface area contributed by atoms with Crippen molar-refractivity contribution in [3.63, 3.8) is 0 Å². The zero-order chi connectivity index (χ0) is 30.5.